The number of nitrogens with zero attached hydrogens (tertiary/aromatic N) is 1. The van der Waals surface area contributed by atoms with Crippen LogP contribution in [-0.2, 0) is 6.42 Å². The summed E-state index contributed by atoms with van der Waals surface area (Å²) in [5.74, 6) is 0. The van der Waals surface area contributed by atoms with E-state index in [2.05, 4.69) is 47.4 Å². The lowest BCUT2D eigenvalue weighted by Gasteiger charge is -2.35. The molecule has 1 aliphatic rings. The first-order valence-electron chi connectivity index (χ1n) is 7.96. The van der Waals surface area contributed by atoms with Crippen LogP contribution in [0.15, 0.2) is 54.6 Å². The number of anilines is 1. The summed E-state index contributed by atoms with van der Waals surface area (Å²) in [6, 6.07) is 19.7. The van der Waals surface area contributed by atoms with Crippen LogP contribution < -0.4 is 5.73 Å². The van der Waals surface area contributed by atoms with Crippen LogP contribution in [0, 0.1) is 0 Å². The van der Waals surface area contributed by atoms with Gasteiger partial charge in [0.15, 0.2) is 0 Å². The third-order valence-corrected chi connectivity index (χ3v) is 4.42. The van der Waals surface area contributed by atoms with Crippen LogP contribution in [0.2, 0.25) is 0 Å². The summed E-state index contributed by atoms with van der Waals surface area (Å²) in [7, 11) is 0. The molecule has 1 saturated heterocycles. The van der Waals surface area contributed by atoms with E-state index in [0.717, 1.165) is 12.1 Å². The SMILES string of the molecule is Nc1ccc(C(Cc2ccccc2)N2CCCCC2)cc1. The van der Waals surface area contributed by atoms with Gasteiger partial charge in [-0.15, -0.1) is 0 Å². The number of hydrogen-bond donors (Lipinski definition) is 1. The maximum absolute atomic E-state index is 5.84. The number of hydrogen-bond acceptors (Lipinski definition) is 2. The van der Waals surface area contributed by atoms with Gasteiger partial charge in [0.1, 0.15) is 0 Å². The molecule has 1 unspecified atom stereocenters. The Labute approximate surface area is 127 Å². The first-order chi connectivity index (χ1) is 10.3. The fourth-order valence-corrected chi connectivity index (χ4v) is 3.24. The third-order valence-electron chi connectivity index (χ3n) is 4.42. The Bertz CT molecular complexity index is 542. The quantitative estimate of drug-likeness (QED) is 0.856. The predicted molar refractivity (Wildman–Crippen MR) is 89.2 cm³/mol. The molecule has 110 valence electrons. The van der Waals surface area contributed by atoms with Crippen molar-refractivity contribution in [2.75, 3.05) is 18.8 Å². The molecule has 0 aliphatic carbocycles. The highest BCUT2D eigenvalue weighted by Crippen LogP contribution is 2.28. The van der Waals surface area contributed by atoms with Crippen molar-refractivity contribution in [3.63, 3.8) is 0 Å². The van der Waals surface area contributed by atoms with Crippen LogP contribution in [0.25, 0.3) is 0 Å². The van der Waals surface area contributed by atoms with Crippen LogP contribution in [0.4, 0.5) is 5.69 Å². The zero-order chi connectivity index (χ0) is 14.5. The first-order valence-corrected chi connectivity index (χ1v) is 7.96. The summed E-state index contributed by atoms with van der Waals surface area (Å²) in [6.07, 6.45) is 5.08. The second kappa shape index (κ2) is 6.77. The standard InChI is InChI=1S/C19H24N2/c20-18-11-9-17(10-12-18)19(21-13-5-2-6-14-21)15-16-7-3-1-4-8-16/h1,3-4,7-12,19H,2,5-6,13-15,20H2. The zero-order valence-electron chi connectivity index (χ0n) is 12.5. The van der Waals surface area contributed by atoms with Crippen LogP contribution in [0.5, 0.6) is 0 Å². The second-order valence-electron chi connectivity index (χ2n) is 5.97. The van der Waals surface area contributed by atoms with Gasteiger partial charge >= 0.3 is 0 Å². The van der Waals surface area contributed by atoms with Crippen LogP contribution >= 0.6 is 0 Å². The summed E-state index contributed by atoms with van der Waals surface area (Å²) < 4.78 is 0. The lowest BCUT2D eigenvalue weighted by molar-refractivity contribution is 0.162. The summed E-state index contributed by atoms with van der Waals surface area (Å²) in [5.41, 5.74) is 9.48. The van der Waals surface area contributed by atoms with E-state index < -0.39 is 0 Å². The van der Waals surface area contributed by atoms with Crippen molar-refractivity contribution >= 4 is 5.69 Å². The number of benzene rings is 2. The molecule has 1 aliphatic heterocycles. The maximum atomic E-state index is 5.84. The lowest BCUT2D eigenvalue weighted by Crippen LogP contribution is -2.34. The molecule has 0 saturated carbocycles. The molecule has 0 spiro atoms. The minimum absolute atomic E-state index is 0.466. The lowest BCUT2D eigenvalue weighted by atomic mass is 9.95. The highest BCUT2D eigenvalue weighted by molar-refractivity contribution is 5.40. The molecule has 2 aromatic rings. The molecule has 2 aromatic carbocycles. The summed E-state index contributed by atoms with van der Waals surface area (Å²) in [4.78, 5) is 2.64. The number of nitrogen functional groups attached to an aromatic ring is 1. The molecule has 2 nitrogen and oxygen atoms in total. The summed E-state index contributed by atoms with van der Waals surface area (Å²) >= 11 is 0. The van der Waals surface area contributed by atoms with Crippen LogP contribution in [0.1, 0.15) is 36.4 Å². The van der Waals surface area contributed by atoms with Gasteiger partial charge in [-0.1, -0.05) is 48.9 Å². The average molecular weight is 280 g/mol. The van der Waals surface area contributed by atoms with Crippen molar-refractivity contribution in [2.45, 2.75) is 31.7 Å². The van der Waals surface area contributed by atoms with Crippen molar-refractivity contribution in [1.82, 2.24) is 4.90 Å². The molecular weight excluding hydrogens is 256 g/mol. The molecule has 1 fully saturated rings. The molecule has 0 aromatic heterocycles. The van der Waals surface area contributed by atoms with Gasteiger partial charge in [0.05, 0.1) is 0 Å². The Hall–Kier alpha value is -1.80. The molecule has 0 bridgehead atoms. The van der Waals surface area contributed by atoms with E-state index in [0.29, 0.717) is 6.04 Å². The molecule has 1 atom stereocenters. The highest BCUT2D eigenvalue weighted by atomic mass is 15.2. The number of rotatable bonds is 4. The Morgan fingerprint density at radius 1 is 0.857 bits per heavy atom. The summed E-state index contributed by atoms with van der Waals surface area (Å²) in [6.45, 7) is 2.42. The van der Waals surface area contributed by atoms with Crippen LogP contribution in [0.3, 0.4) is 0 Å². The van der Waals surface area contributed by atoms with Gasteiger partial charge in [0.25, 0.3) is 0 Å². The first kappa shape index (κ1) is 14.2. The van der Waals surface area contributed by atoms with Crippen molar-refractivity contribution in [3.8, 4) is 0 Å². The normalized spacial score (nSPS) is 17.5. The van der Waals surface area contributed by atoms with E-state index in [9.17, 15) is 0 Å². The minimum atomic E-state index is 0.466. The Kier molecular flexibility index (Phi) is 4.56. The molecule has 1 heterocycles. The summed E-state index contributed by atoms with van der Waals surface area (Å²) in [5, 5.41) is 0. The Balaban J connectivity index is 1.84. The molecule has 0 amide bonds. The van der Waals surface area contributed by atoms with Crippen molar-refractivity contribution in [2.24, 2.45) is 0 Å². The van der Waals surface area contributed by atoms with E-state index in [1.54, 1.807) is 0 Å². The van der Waals surface area contributed by atoms with Gasteiger partial charge in [0.2, 0.25) is 0 Å². The minimum Gasteiger partial charge on any atom is -0.399 e. The van der Waals surface area contributed by atoms with Gasteiger partial charge in [-0.2, -0.15) is 0 Å². The van der Waals surface area contributed by atoms with E-state index in [1.165, 1.54) is 43.5 Å². The van der Waals surface area contributed by atoms with Crippen molar-refractivity contribution in [3.05, 3.63) is 65.7 Å². The molecular formula is C19H24N2. The monoisotopic (exact) mass is 280 g/mol. The Morgan fingerprint density at radius 2 is 1.52 bits per heavy atom. The highest BCUT2D eigenvalue weighted by Gasteiger charge is 2.22. The Morgan fingerprint density at radius 3 is 2.19 bits per heavy atom. The van der Waals surface area contributed by atoms with Gasteiger partial charge in [-0.25, -0.2) is 0 Å². The van der Waals surface area contributed by atoms with Gasteiger partial charge in [-0.05, 0) is 55.6 Å². The fourth-order valence-electron chi connectivity index (χ4n) is 3.24. The predicted octanol–water partition coefficient (Wildman–Crippen LogP) is 4.04. The third kappa shape index (κ3) is 3.64. The van der Waals surface area contributed by atoms with E-state index >= 15 is 0 Å². The average Bonchev–Trinajstić information content (AvgIpc) is 2.55. The number of piperidine rings is 1. The molecule has 0 radical (unpaired) electrons. The topological polar surface area (TPSA) is 29.3 Å². The van der Waals surface area contributed by atoms with E-state index in [-0.39, 0.29) is 0 Å². The smallest absolute Gasteiger partial charge is 0.0388 e. The van der Waals surface area contributed by atoms with Gasteiger partial charge < -0.3 is 5.73 Å². The second-order valence-corrected chi connectivity index (χ2v) is 5.97. The van der Waals surface area contributed by atoms with Gasteiger partial charge in [-0.3, -0.25) is 4.90 Å². The fraction of sp³-hybridized carbons (Fsp3) is 0.368. The van der Waals surface area contributed by atoms with E-state index in [1.807, 2.05) is 12.1 Å². The van der Waals surface area contributed by atoms with Crippen LogP contribution in [-0.4, -0.2) is 18.0 Å². The molecule has 3 rings (SSSR count). The maximum Gasteiger partial charge on any atom is 0.0388 e. The zero-order valence-corrected chi connectivity index (χ0v) is 12.5. The van der Waals surface area contributed by atoms with Gasteiger partial charge in [0, 0.05) is 11.7 Å². The van der Waals surface area contributed by atoms with Crippen molar-refractivity contribution < 1.29 is 0 Å². The molecule has 2 heteroatoms. The number of likely N-dealkylation sites (tertiary alicyclic amines) is 1. The van der Waals surface area contributed by atoms with E-state index in [4.69, 9.17) is 5.73 Å². The molecule has 2 N–H and O–H groups in total. The van der Waals surface area contributed by atoms with Crippen molar-refractivity contribution in [1.29, 1.82) is 0 Å². The molecule has 21 heavy (non-hydrogen) atoms. The number of nitrogens with two attached hydrogens (primary N) is 1. The largest absolute Gasteiger partial charge is 0.399 e.